The highest BCUT2D eigenvalue weighted by atomic mass is 32.2. The van der Waals surface area contributed by atoms with E-state index < -0.39 is 6.04 Å². The van der Waals surface area contributed by atoms with Crippen LogP contribution in [0, 0.1) is 12.7 Å². The van der Waals surface area contributed by atoms with Gasteiger partial charge in [-0.25, -0.2) is 4.39 Å². The Labute approximate surface area is 223 Å². The molecule has 0 aromatic heterocycles. The fourth-order valence-electron chi connectivity index (χ4n) is 4.81. The van der Waals surface area contributed by atoms with Crippen molar-refractivity contribution in [3.63, 3.8) is 0 Å². The highest BCUT2D eigenvalue weighted by molar-refractivity contribution is 7.99. The average molecular weight is 519 g/mol. The van der Waals surface area contributed by atoms with Crippen molar-refractivity contribution in [2.24, 2.45) is 0 Å². The van der Waals surface area contributed by atoms with Crippen molar-refractivity contribution in [1.82, 2.24) is 10.2 Å². The smallest absolute Gasteiger partial charge is 0.243 e. The van der Waals surface area contributed by atoms with Crippen molar-refractivity contribution in [2.45, 2.75) is 63.4 Å². The summed E-state index contributed by atoms with van der Waals surface area (Å²) >= 11 is 1.56. The fourth-order valence-corrected chi connectivity index (χ4v) is 5.80. The summed E-state index contributed by atoms with van der Waals surface area (Å²) in [4.78, 5) is 29.1. The second kappa shape index (κ2) is 13.4. The van der Waals surface area contributed by atoms with Gasteiger partial charge in [0.1, 0.15) is 11.9 Å². The first-order chi connectivity index (χ1) is 18.0. The third kappa shape index (κ3) is 7.93. The molecule has 0 heterocycles. The first-order valence-corrected chi connectivity index (χ1v) is 14.2. The van der Waals surface area contributed by atoms with E-state index in [1.54, 1.807) is 28.8 Å². The third-order valence-electron chi connectivity index (χ3n) is 6.98. The van der Waals surface area contributed by atoms with Crippen molar-refractivity contribution in [2.75, 3.05) is 5.75 Å². The number of rotatable bonds is 11. The zero-order chi connectivity index (χ0) is 26.0. The molecule has 1 N–H and O–H groups in total. The summed E-state index contributed by atoms with van der Waals surface area (Å²) in [7, 11) is 0. The van der Waals surface area contributed by atoms with Gasteiger partial charge in [0.2, 0.25) is 11.8 Å². The Morgan fingerprint density at radius 2 is 1.62 bits per heavy atom. The van der Waals surface area contributed by atoms with Gasteiger partial charge in [0.25, 0.3) is 0 Å². The Morgan fingerprint density at radius 1 is 0.946 bits per heavy atom. The summed E-state index contributed by atoms with van der Waals surface area (Å²) in [5, 5.41) is 3.22. The molecule has 1 aliphatic rings. The molecule has 3 aromatic rings. The van der Waals surface area contributed by atoms with Crippen LogP contribution in [0.3, 0.4) is 0 Å². The van der Waals surface area contributed by atoms with E-state index in [2.05, 4.69) is 24.4 Å². The quantitative estimate of drug-likeness (QED) is 0.335. The van der Waals surface area contributed by atoms with Crippen LogP contribution in [0.5, 0.6) is 0 Å². The van der Waals surface area contributed by atoms with Gasteiger partial charge in [-0.15, -0.1) is 11.8 Å². The standard InChI is InChI=1S/C31H35FN2O2S/c1-23-9-5-6-12-26(23)21-37-22-30(35)34(20-25-15-17-27(32)18-16-25)29(19-24-10-3-2-4-11-24)31(36)33-28-13-7-8-14-28/h2-6,9-12,15-18,28-29H,7-8,13-14,19-22H2,1H3,(H,33,36)/t29-/m0/s1. The second-order valence-corrected chi connectivity index (χ2v) is 10.7. The Bertz CT molecular complexity index is 1160. The predicted octanol–water partition coefficient (Wildman–Crippen LogP) is 6.07. The zero-order valence-corrected chi connectivity index (χ0v) is 22.2. The number of thioether (sulfide) groups is 1. The number of hydrogen-bond acceptors (Lipinski definition) is 3. The van der Waals surface area contributed by atoms with E-state index in [0.717, 1.165) is 42.6 Å². The number of amides is 2. The topological polar surface area (TPSA) is 49.4 Å². The van der Waals surface area contributed by atoms with Crippen LogP contribution >= 0.6 is 11.8 Å². The molecule has 4 nitrogen and oxygen atoms in total. The first kappa shape index (κ1) is 26.9. The number of nitrogens with zero attached hydrogens (tertiary/aromatic N) is 1. The van der Waals surface area contributed by atoms with E-state index in [1.807, 2.05) is 42.5 Å². The van der Waals surface area contributed by atoms with Gasteiger partial charge in [0.05, 0.1) is 5.75 Å². The average Bonchev–Trinajstić information content (AvgIpc) is 3.42. The Balaban J connectivity index is 1.56. The summed E-state index contributed by atoms with van der Waals surface area (Å²) in [5.74, 6) is 0.452. The summed E-state index contributed by atoms with van der Waals surface area (Å²) in [6, 6.07) is 23.7. The molecule has 6 heteroatoms. The van der Waals surface area contributed by atoms with Gasteiger partial charge in [-0.3, -0.25) is 9.59 Å². The Kier molecular flexibility index (Phi) is 9.78. The van der Waals surface area contributed by atoms with E-state index in [0.29, 0.717) is 6.42 Å². The molecule has 0 spiro atoms. The molecule has 0 aliphatic heterocycles. The number of halogens is 1. The molecule has 37 heavy (non-hydrogen) atoms. The van der Waals surface area contributed by atoms with Crippen molar-refractivity contribution in [3.05, 3.63) is 107 Å². The lowest BCUT2D eigenvalue weighted by molar-refractivity contribution is -0.139. The molecule has 194 valence electrons. The molecule has 0 saturated heterocycles. The number of aryl methyl sites for hydroxylation is 1. The molecule has 0 bridgehead atoms. The molecular weight excluding hydrogens is 483 g/mol. The van der Waals surface area contributed by atoms with Gasteiger partial charge >= 0.3 is 0 Å². The zero-order valence-electron chi connectivity index (χ0n) is 21.4. The molecule has 0 unspecified atom stereocenters. The van der Waals surface area contributed by atoms with Gasteiger partial charge in [-0.05, 0) is 54.2 Å². The van der Waals surface area contributed by atoms with Gasteiger partial charge in [0.15, 0.2) is 0 Å². The van der Waals surface area contributed by atoms with Gasteiger partial charge in [-0.1, -0.05) is 79.6 Å². The van der Waals surface area contributed by atoms with E-state index in [9.17, 15) is 14.0 Å². The second-order valence-electron chi connectivity index (χ2n) is 9.76. The molecule has 4 rings (SSSR count). The van der Waals surface area contributed by atoms with Crippen LogP contribution in [-0.2, 0) is 28.3 Å². The van der Waals surface area contributed by atoms with Gasteiger partial charge in [-0.2, -0.15) is 0 Å². The van der Waals surface area contributed by atoms with Crippen molar-refractivity contribution in [3.8, 4) is 0 Å². The van der Waals surface area contributed by atoms with E-state index in [1.165, 1.54) is 23.3 Å². The minimum Gasteiger partial charge on any atom is -0.352 e. The monoisotopic (exact) mass is 518 g/mol. The van der Waals surface area contributed by atoms with E-state index in [-0.39, 0.29) is 36.0 Å². The van der Waals surface area contributed by atoms with Crippen molar-refractivity contribution in [1.29, 1.82) is 0 Å². The Hall–Kier alpha value is -3.12. The van der Waals surface area contributed by atoms with Crippen LogP contribution < -0.4 is 5.32 Å². The summed E-state index contributed by atoms with van der Waals surface area (Å²) in [6.45, 7) is 2.32. The lowest BCUT2D eigenvalue weighted by Gasteiger charge is -2.32. The fraction of sp³-hybridized carbons (Fsp3) is 0.355. The molecule has 1 aliphatic carbocycles. The van der Waals surface area contributed by atoms with Crippen LogP contribution in [0.1, 0.15) is 47.9 Å². The van der Waals surface area contributed by atoms with Gasteiger partial charge < -0.3 is 10.2 Å². The lowest BCUT2D eigenvalue weighted by atomic mass is 10.0. The SMILES string of the molecule is Cc1ccccc1CSCC(=O)N(Cc1ccc(F)cc1)[C@@H](Cc1ccccc1)C(=O)NC1CCCC1. The lowest BCUT2D eigenvalue weighted by Crippen LogP contribution is -2.52. The highest BCUT2D eigenvalue weighted by Gasteiger charge is 2.32. The van der Waals surface area contributed by atoms with Crippen LogP contribution in [0.2, 0.25) is 0 Å². The predicted molar refractivity (Wildman–Crippen MR) is 149 cm³/mol. The summed E-state index contributed by atoms with van der Waals surface area (Å²) < 4.78 is 13.6. The van der Waals surface area contributed by atoms with Crippen molar-refractivity contribution >= 4 is 23.6 Å². The molecule has 1 saturated carbocycles. The maximum atomic E-state index is 13.7. The number of carbonyl (C=O) groups excluding carboxylic acids is 2. The maximum Gasteiger partial charge on any atom is 0.243 e. The molecule has 0 radical (unpaired) electrons. The highest BCUT2D eigenvalue weighted by Crippen LogP contribution is 2.22. The van der Waals surface area contributed by atoms with Crippen LogP contribution in [0.25, 0.3) is 0 Å². The Morgan fingerprint density at radius 3 is 2.32 bits per heavy atom. The number of carbonyl (C=O) groups is 2. The van der Waals surface area contributed by atoms with Gasteiger partial charge in [0, 0.05) is 24.8 Å². The summed E-state index contributed by atoms with van der Waals surface area (Å²) in [5.41, 5.74) is 4.19. The largest absolute Gasteiger partial charge is 0.352 e. The molecule has 3 aromatic carbocycles. The van der Waals surface area contributed by atoms with E-state index in [4.69, 9.17) is 0 Å². The van der Waals surface area contributed by atoms with Crippen LogP contribution in [0.4, 0.5) is 4.39 Å². The summed E-state index contributed by atoms with van der Waals surface area (Å²) in [6.07, 6.45) is 4.60. The van der Waals surface area contributed by atoms with E-state index >= 15 is 0 Å². The molecule has 1 atom stereocenters. The van der Waals surface area contributed by atoms with Crippen LogP contribution in [-0.4, -0.2) is 34.6 Å². The third-order valence-corrected chi connectivity index (χ3v) is 7.95. The van der Waals surface area contributed by atoms with Crippen LogP contribution in [0.15, 0.2) is 78.9 Å². The number of benzene rings is 3. The minimum atomic E-state index is -0.653. The number of hydrogen-bond donors (Lipinski definition) is 1. The molecule has 1 fully saturated rings. The minimum absolute atomic E-state index is 0.0922. The maximum absolute atomic E-state index is 13.7. The van der Waals surface area contributed by atoms with Crippen molar-refractivity contribution < 1.29 is 14.0 Å². The molecular formula is C31H35FN2O2S. The number of nitrogens with one attached hydrogen (secondary N) is 1. The normalized spacial score (nSPS) is 14.3. The first-order valence-electron chi connectivity index (χ1n) is 13.0. The molecule has 2 amide bonds.